The summed E-state index contributed by atoms with van der Waals surface area (Å²) in [7, 11) is 0. The van der Waals surface area contributed by atoms with Gasteiger partial charge in [0, 0.05) is 11.9 Å². The molecule has 0 atom stereocenters. The number of benzene rings is 2. The van der Waals surface area contributed by atoms with Gasteiger partial charge in [-0.25, -0.2) is 0 Å². The highest BCUT2D eigenvalue weighted by atomic mass is 35.5. The van der Waals surface area contributed by atoms with Crippen molar-refractivity contribution in [3.8, 4) is 5.69 Å². The molecule has 0 spiro atoms. The molecule has 3 aromatic rings. The highest BCUT2D eigenvalue weighted by Crippen LogP contribution is 2.21. The third-order valence-corrected chi connectivity index (χ3v) is 4.60. The Morgan fingerprint density at radius 3 is 2.50 bits per heavy atom. The molecule has 1 heterocycles. The molecule has 26 heavy (non-hydrogen) atoms. The van der Waals surface area contributed by atoms with Crippen LogP contribution in [0.4, 0.5) is 5.69 Å². The number of aromatic nitrogens is 4. The van der Waals surface area contributed by atoms with E-state index in [1.807, 2.05) is 31.2 Å². The van der Waals surface area contributed by atoms with Crippen LogP contribution in [0.2, 0.25) is 5.02 Å². The molecule has 0 fully saturated rings. The van der Waals surface area contributed by atoms with Crippen LogP contribution in [-0.2, 0) is 4.79 Å². The Balaban J connectivity index is 1.82. The first-order valence-electron chi connectivity index (χ1n) is 7.66. The maximum atomic E-state index is 11.9. The lowest BCUT2D eigenvalue weighted by molar-refractivity contribution is -0.110. The molecule has 0 saturated carbocycles. The summed E-state index contributed by atoms with van der Waals surface area (Å²) in [5.41, 5.74) is 5.49. The van der Waals surface area contributed by atoms with Crippen molar-refractivity contribution < 1.29 is 4.79 Å². The number of rotatable bonds is 5. The Morgan fingerprint density at radius 2 is 1.85 bits per heavy atom. The summed E-state index contributed by atoms with van der Waals surface area (Å²) in [6.07, 6.45) is 0. The third kappa shape index (κ3) is 4.47. The SMILES string of the molecule is CC(=O)/C(=N/Nc1ccc(Cl)cc1)Sc1nnnn1-c1ccc(C)cc1. The lowest BCUT2D eigenvalue weighted by Crippen LogP contribution is -2.10. The van der Waals surface area contributed by atoms with Crippen molar-refractivity contribution >= 4 is 39.9 Å². The van der Waals surface area contributed by atoms with E-state index in [2.05, 4.69) is 26.1 Å². The smallest absolute Gasteiger partial charge is 0.220 e. The minimum Gasteiger partial charge on any atom is -0.292 e. The first-order chi connectivity index (χ1) is 12.5. The number of Topliss-reactive ketones (excluding diaryl/α,β-unsaturated/α-hetero) is 1. The van der Waals surface area contributed by atoms with Gasteiger partial charge in [-0.1, -0.05) is 29.3 Å². The van der Waals surface area contributed by atoms with Gasteiger partial charge in [0.1, 0.15) is 0 Å². The minimum atomic E-state index is -0.199. The summed E-state index contributed by atoms with van der Waals surface area (Å²) in [4.78, 5) is 11.9. The molecule has 0 unspecified atom stereocenters. The standard InChI is InChI=1S/C17H15ClN6OS/c1-11-3-9-15(10-4-11)24-17(21-22-23-24)26-16(12(2)25)20-19-14-7-5-13(18)6-8-14/h3-10,19H,1-2H3/b20-16-. The van der Waals surface area contributed by atoms with E-state index >= 15 is 0 Å². The number of carbonyl (C=O) groups excluding carboxylic acids is 1. The largest absolute Gasteiger partial charge is 0.292 e. The predicted molar refractivity (Wildman–Crippen MR) is 103 cm³/mol. The number of nitrogens with zero attached hydrogens (tertiary/aromatic N) is 5. The van der Waals surface area contributed by atoms with Gasteiger partial charge in [-0.05, 0) is 65.5 Å². The topological polar surface area (TPSA) is 85.1 Å². The molecule has 7 nitrogen and oxygen atoms in total. The number of hydrazone groups is 1. The maximum Gasteiger partial charge on any atom is 0.220 e. The van der Waals surface area contributed by atoms with Crippen LogP contribution in [0.5, 0.6) is 0 Å². The fourth-order valence-corrected chi connectivity index (χ4v) is 2.83. The van der Waals surface area contributed by atoms with E-state index in [4.69, 9.17) is 11.6 Å². The summed E-state index contributed by atoms with van der Waals surface area (Å²) in [6, 6.07) is 14.8. The molecule has 0 aliphatic heterocycles. The fourth-order valence-electron chi connectivity index (χ4n) is 1.99. The zero-order valence-corrected chi connectivity index (χ0v) is 15.6. The number of carbonyl (C=O) groups is 1. The van der Waals surface area contributed by atoms with E-state index in [1.165, 1.54) is 6.92 Å². The Kier molecular flexibility index (Phi) is 5.65. The normalized spacial score (nSPS) is 11.4. The van der Waals surface area contributed by atoms with E-state index in [1.54, 1.807) is 28.9 Å². The maximum absolute atomic E-state index is 11.9. The van der Waals surface area contributed by atoms with Crippen LogP contribution in [0.1, 0.15) is 12.5 Å². The van der Waals surface area contributed by atoms with Crippen molar-refractivity contribution in [3.63, 3.8) is 0 Å². The average Bonchev–Trinajstić information content (AvgIpc) is 3.08. The number of anilines is 1. The van der Waals surface area contributed by atoms with Gasteiger partial charge in [0.05, 0.1) is 11.4 Å². The van der Waals surface area contributed by atoms with E-state index in [0.29, 0.717) is 15.9 Å². The molecular weight excluding hydrogens is 372 g/mol. The highest BCUT2D eigenvalue weighted by molar-refractivity contribution is 8.15. The van der Waals surface area contributed by atoms with Crippen LogP contribution >= 0.6 is 23.4 Å². The van der Waals surface area contributed by atoms with E-state index in [-0.39, 0.29) is 10.8 Å². The molecule has 0 radical (unpaired) electrons. The molecule has 0 aliphatic carbocycles. The molecule has 0 bridgehead atoms. The van der Waals surface area contributed by atoms with Crippen molar-refractivity contribution in [1.29, 1.82) is 0 Å². The fraction of sp³-hybridized carbons (Fsp3) is 0.118. The third-order valence-electron chi connectivity index (χ3n) is 3.34. The van der Waals surface area contributed by atoms with Crippen LogP contribution in [-0.4, -0.2) is 31.0 Å². The lowest BCUT2D eigenvalue weighted by atomic mass is 10.2. The molecular formula is C17H15ClN6OS. The molecule has 1 N–H and O–H groups in total. The molecule has 0 amide bonds. The zero-order valence-electron chi connectivity index (χ0n) is 14.0. The number of ketones is 1. The second kappa shape index (κ2) is 8.11. The predicted octanol–water partition coefficient (Wildman–Crippen LogP) is 3.73. The number of hydrogen-bond donors (Lipinski definition) is 1. The van der Waals surface area contributed by atoms with Crippen LogP contribution in [0, 0.1) is 6.92 Å². The molecule has 0 saturated heterocycles. The first kappa shape index (κ1) is 18.1. The van der Waals surface area contributed by atoms with Gasteiger partial charge in [0.25, 0.3) is 0 Å². The van der Waals surface area contributed by atoms with Crippen molar-refractivity contribution in [3.05, 3.63) is 59.1 Å². The zero-order chi connectivity index (χ0) is 18.5. The summed E-state index contributed by atoms with van der Waals surface area (Å²) >= 11 is 6.95. The van der Waals surface area contributed by atoms with Crippen LogP contribution in [0.3, 0.4) is 0 Å². The van der Waals surface area contributed by atoms with Gasteiger partial charge < -0.3 is 0 Å². The van der Waals surface area contributed by atoms with Crippen LogP contribution in [0.25, 0.3) is 5.69 Å². The van der Waals surface area contributed by atoms with Crippen molar-refractivity contribution in [2.75, 3.05) is 5.43 Å². The Morgan fingerprint density at radius 1 is 1.15 bits per heavy atom. The van der Waals surface area contributed by atoms with Gasteiger partial charge in [-0.2, -0.15) is 9.78 Å². The van der Waals surface area contributed by atoms with Gasteiger partial charge in [-0.3, -0.25) is 10.2 Å². The Hall–Kier alpha value is -2.71. The molecule has 2 aromatic carbocycles. The van der Waals surface area contributed by atoms with Crippen LogP contribution in [0.15, 0.2) is 58.8 Å². The van der Waals surface area contributed by atoms with Crippen molar-refractivity contribution in [2.45, 2.75) is 19.0 Å². The number of tetrazole rings is 1. The second-order valence-electron chi connectivity index (χ2n) is 5.40. The number of nitrogens with one attached hydrogen (secondary N) is 1. The summed E-state index contributed by atoms with van der Waals surface area (Å²) < 4.78 is 1.56. The van der Waals surface area contributed by atoms with E-state index < -0.39 is 0 Å². The molecule has 3 rings (SSSR count). The Bertz CT molecular complexity index is 937. The number of aryl methyl sites for hydroxylation is 1. The lowest BCUT2D eigenvalue weighted by Gasteiger charge is -2.06. The molecule has 1 aromatic heterocycles. The van der Waals surface area contributed by atoms with Crippen LogP contribution < -0.4 is 5.43 Å². The highest BCUT2D eigenvalue weighted by Gasteiger charge is 2.16. The van der Waals surface area contributed by atoms with Gasteiger partial charge in [0.15, 0.2) is 10.8 Å². The molecule has 9 heteroatoms. The van der Waals surface area contributed by atoms with Gasteiger partial charge in [-0.15, -0.1) is 5.10 Å². The second-order valence-corrected chi connectivity index (χ2v) is 6.80. The van der Waals surface area contributed by atoms with Crippen molar-refractivity contribution in [1.82, 2.24) is 20.2 Å². The van der Waals surface area contributed by atoms with Crippen molar-refractivity contribution in [2.24, 2.45) is 5.10 Å². The molecule has 0 aliphatic rings. The van der Waals surface area contributed by atoms with Gasteiger partial charge >= 0.3 is 0 Å². The Labute approximate surface area is 159 Å². The van der Waals surface area contributed by atoms with E-state index in [0.717, 1.165) is 23.0 Å². The first-order valence-corrected chi connectivity index (χ1v) is 8.86. The number of halogens is 1. The summed E-state index contributed by atoms with van der Waals surface area (Å²) in [6.45, 7) is 3.44. The van der Waals surface area contributed by atoms with E-state index in [9.17, 15) is 4.79 Å². The molecule has 132 valence electrons. The minimum absolute atomic E-state index is 0.199. The number of thioether (sulfide) groups is 1. The summed E-state index contributed by atoms with van der Waals surface area (Å²) in [5.74, 6) is -0.199. The quantitative estimate of drug-likeness (QED) is 0.311. The summed E-state index contributed by atoms with van der Waals surface area (Å²) in [5, 5.41) is 17.2. The number of hydrogen-bond acceptors (Lipinski definition) is 7. The average molecular weight is 387 g/mol. The van der Waals surface area contributed by atoms with Gasteiger partial charge in [0.2, 0.25) is 5.16 Å². The monoisotopic (exact) mass is 386 g/mol.